The predicted molar refractivity (Wildman–Crippen MR) is 84.3 cm³/mol. The van der Waals surface area contributed by atoms with Crippen molar-refractivity contribution in [2.75, 3.05) is 27.2 Å². The summed E-state index contributed by atoms with van der Waals surface area (Å²) in [7, 11) is 3.61. The molecular weight excluding hydrogens is 293 g/mol. The molecule has 0 saturated carbocycles. The van der Waals surface area contributed by atoms with Crippen LogP contribution >= 0.6 is 12.4 Å². The summed E-state index contributed by atoms with van der Waals surface area (Å²) in [6, 6.07) is 6.12. The number of hydrogen-bond acceptors (Lipinski definition) is 2. The van der Waals surface area contributed by atoms with Gasteiger partial charge in [0.25, 0.3) is 5.91 Å². The highest BCUT2D eigenvalue weighted by molar-refractivity contribution is 6.00. The van der Waals surface area contributed by atoms with Crippen LogP contribution in [0.2, 0.25) is 0 Å². The van der Waals surface area contributed by atoms with Gasteiger partial charge in [-0.1, -0.05) is 12.1 Å². The van der Waals surface area contributed by atoms with Crippen molar-refractivity contribution in [2.24, 2.45) is 0 Å². The maximum absolute atomic E-state index is 13.0. The molecule has 0 aliphatic heterocycles. The number of nitrogens with zero attached hydrogens (tertiary/aromatic N) is 1. The fourth-order valence-electron chi connectivity index (χ4n) is 2.00. The highest BCUT2D eigenvalue weighted by Gasteiger charge is 2.17. The Labute approximate surface area is 129 Å². The van der Waals surface area contributed by atoms with Crippen molar-refractivity contribution in [3.8, 4) is 11.1 Å². The molecule has 1 aromatic heterocycles. The van der Waals surface area contributed by atoms with Crippen molar-refractivity contribution < 1.29 is 9.18 Å². The lowest BCUT2D eigenvalue weighted by Crippen LogP contribution is -2.32. The lowest BCUT2D eigenvalue weighted by molar-refractivity contribution is 0.0798. The van der Waals surface area contributed by atoms with E-state index < -0.39 is 0 Å². The van der Waals surface area contributed by atoms with E-state index in [9.17, 15) is 9.18 Å². The van der Waals surface area contributed by atoms with Crippen molar-refractivity contribution in [3.05, 3.63) is 48.0 Å². The van der Waals surface area contributed by atoms with E-state index in [2.05, 4.69) is 10.3 Å². The SMILES string of the molecule is CNCCN(C)C(=O)c1c[nH]cc1-c1ccc(F)cc1.Cl. The minimum Gasteiger partial charge on any atom is -0.366 e. The minimum atomic E-state index is -0.289. The summed E-state index contributed by atoms with van der Waals surface area (Å²) < 4.78 is 13.0. The number of nitrogens with one attached hydrogen (secondary N) is 2. The predicted octanol–water partition coefficient (Wildman–Crippen LogP) is 2.53. The van der Waals surface area contributed by atoms with E-state index in [0.717, 1.165) is 17.7 Å². The van der Waals surface area contributed by atoms with E-state index in [-0.39, 0.29) is 24.1 Å². The summed E-state index contributed by atoms with van der Waals surface area (Å²) >= 11 is 0. The van der Waals surface area contributed by atoms with Gasteiger partial charge in [0.05, 0.1) is 5.56 Å². The molecule has 1 heterocycles. The Balaban J connectivity index is 0.00000220. The van der Waals surface area contributed by atoms with Crippen molar-refractivity contribution in [1.29, 1.82) is 0 Å². The van der Waals surface area contributed by atoms with Gasteiger partial charge in [-0.3, -0.25) is 4.79 Å². The third-order valence-corrected chi connectivity index (χ3v) is 3.18. The summed E-state index contributed by atoms with van der Waals surface area (Å²) in [5, 5.41) is 3.01. The Hall–Kier alpha value is -1.85. The van der Waals surface area contributed by atoms with Crippen LogP contribution in [0.1, 0.15) is 10.4 Å². The van der Waals surface area contributed by atoms with Crippen LogP contribution in [0.15, 0.2) is 36.7 Å². The van der Waals surface area contributed by atoms with Gasteiger partial charge >= 0.3 is 0 Å². The molecule has 114 valence electrons. The van der Waals surface area contributed by atoms with E-state index in [4.69, 9.17) is 0 Å². The zero-order valence-corrected chi connectivity index (χ0v) is 12.8. The summed E-state index contributed by atoms with van der Waals surface area (Å²) in [5.41, 5.74) is 2.19. The number of aromatic amines is 1. The average molecular weight is 312 g/mol. The van der Waals surface area contributed by atoms with Gasteiger partial charge in [0.2, 0.25) is 0 Å². The average Bonchev–Trinajstić information content (AvgIpc) is 2.94. The Morgan fingerprint density at radius 1 is 1.29 bits per heavy atom. The number of amides is 1. The molecule has 0 aliphatic rings. The second-order valence-corrected chi connectivity index (χ2v) is 4.62. The quantitative estimate of drug-likeness (QED) is 0.891. The van der Waals surface area contributed by atoms with E-state index in [0.29, 0.717) is 12.1 Å². The van der Waals surface area contributed by atoms with Gasteiger partial charge in [-0.05, 0) is 24.7 Å². The molecule has 2 rings (SSSR count). The zero-order chi connectivity index (χ0) is 14.5. The lowest BCUT2D eigenvalue weighted by atomic mass is 10.0. The van der Waals surface area contributed by atoms with Gasteiger partial charge in [-0.2, -0.15) is 0 Å². The third-order valence-electron chi connectivity index (χ3n) is 3.18. The molecule has 2 aromatic rings. The molecule has 0 saturated heterocycles. The maximum Gasteiger partial charge on any atom is 0.255 e. The molecule has 0 radical (unpaired) electrons. The Kier molecular flexibility index (Phi) is 6.39. The van der Waals surface area contributed by atoms with Crippen molar-refractivity contribution in [1.82, 2.24) is 15.2 Å². The Morgan fingerprint density at radius 3 is 2.57 bits per heavy atom. The minimum absolute atomic E-state index is 0. The number of carbonyl (C=O) groups excluding carboxylic acids is 1. The van der Waals surface area contributed by atoms with Crippen LogP contribution in [0.4, 0.5) is 4.39 Å². The topological polar surface area (TPSA) is 48.1 Å². The Morgan fingerprint density at radius 2 is 1.95 bits per heavy atom. The van der Waals surface area contributed by atoms with Gasteiger partial charge in [-0.15, -0.1) is 12.4 Å². The molecule has 1 amide bonds. The molecule has 21 heavy (non-hydrogen) atoms. The van der Waals surface area contributed by atoms with Gasteiger partial charge in [0.15, 0.2) is 0 Å². The number of aromatic nitrogens is 1. The summed E-state index contributed by atoms with van der Waals surface area (Å²) in [6.45, 7) is 1.36. The smallest absolute Gasteiger partial charge is 0.255 e. The number of H-pyrrole nitrogens is 1. The molecular formula is C15H19ClFN3O. The second kappa shape index (κ2) is 7.81. The molecule has 0 atom stereocenters. The number of likely N-dealkylation sites (N-methyl/N-ethyl adjacent to an activating group) is 2. The van der Waals surface area contributed by atoms with Crippen LogP contribution < -0.4 is 5.32 Å². The summed E-state index contributed by atoms with van der Waals surface area (Å²) in [6.07, 6.45) is 3.43. The molecule has 0 fully saturated rings. The first-order valence-corrected chi connectivity index (χ1v) is 6.46. The fraction of sp³-hybridized carbons (Fsp3) is 0.267. The van der Waals surface area contributed by atoms with Gasteiger partial charge in [-0.25, -0.2) is 4.39 Å². The molecule has 0 unspecified atom stereocenters. The van der Waals surface area contributed by atoms with Crippen molar-refractivity contribution in [2.45, 2.75) is 0 Å². The van der Waals surface area contributed by atoms with E-state index in [1.165, 1.54) is 12.1 Å². The van der Waals surface area contributed by atoms with Crippen molar-refractivity contribution >= 4 is 18.3 Å². The zero-order valence-electron chi connectivity index (χ0n) is 12.0. The van der Waals surface area contributed by atoms with Gasteiger partial charge in [0, 0.05) is 38.1 Å². The standard InChI is InChI=1S/C15H18FN3O.ClH/c1-17-7-8-19(2)15(20)14-10-18-9-13(14)11-3-5-12(16)6-4-11;/h3-6,9-10,17-18H,7-8H2,1-2H3;1H. The van der Waals surface area contributed by atoms with Gasteiger partial charge in [0.1, 0.15) is 5.82 Å². The van der Waals surface area contributed by atoms with Crippen LogP contribution in [-0.2, 0) is 0 Å². The number of carbonyl (C=O) groups is 1. The van der Waals surface area contributed by atoms with Crippen LogP contribution in [0, 0.1) is 5.82 Å². The van der Waals surface area contributed by atoms with Crippen molar-refractivity contribution in [3.63, 3.8) is 0 Å². The molecule has 1 aromatic carbocycles. The van der Waals surface area contributed by atoms with E-state index in [1.807, 2.05) is 7.05 Å². The van der Waals surface area contributed by atoms with Gasteiger partial charge < -0.3 is 15.2 Å². The first-order valence-electron chi connectivity index (χ1n) is 6.46. The molecule has 0 aliphatic carbocycles. The lowest BCUT2D eigenvalue weighted by Gasteiger charge is -2.17. The molecule has 6 heteroatoms. The fourth-order valence-corrected chi connectivity index (χ4v) is 2.00. The normalized spacial score (nSPS) is 10.0. The van der Waals surface area contributed by atoms with Crippen LogP contribution in [0.3, 0.4) is 0 Å². The number of hydrogen-bond donors (Lipinski definition) is 2. The second-order valence-electron chi connectivity index (χ2n) is 4.62. The van der Waals surface area contributed by atoms with E-state index >= 15 is 0 Å². The number of halogens is 2. The van der Waals surface area contributed by atoms with E-state index in [1.54, 1.807) is 36.5 Å². The molecule has 4 nitrogen and oxygen atoms in total. The largest absolute Gasteiger partial charge is 0.366 e. The molecule has 2 N–H and O–H groups in total. The van der Waals surface area contributed by atoms with Crippen LogP contribution in [0.5, 0.6) is 0 Å². The molecule has 0 bridgehead atoms. The summed E-state index contributed by atoms with van der Waals surface area (Å²) in [4.78, 5) is 17.0. The number of rotatable bonds is 5. The monoisotopic (exact) mass is 311 g/mol. The first-order chi connectivity index (χ1) is 9.63. The number of benzene rings is 1. The molecule has 0 spiro atoms. The third kappa shape index (κ3) is 4.06. The maximum atomic E-state index is 13.0. The highest BCUT2D eigenvalue weighted by Crippen LogP contribution is 2.24. The first kappa shape index (κ1) is 17.2. The van der Waals surface area contributed by atoms with Crippen LogP contribution in [0.25, 0.3) is 11.1 Å². The Bertz CT molecular complexity index is 583. The summed E-state index contributed by atoms with van der Waals surface area (Å²) in [5.74, 6) is -0.343. The van der Waals surface area contributed by atoms with Crippen LogP contribution in [-0.4, -0.2) is 43.0 Å². The highest BCUT2D eigenvalue weighted by atomic mass is 35.5.